The van der Waals surface area contributed by atoms with Crippen molar-refractivity contribution in [1.29, 1.82) is 0 Å². The number of fused-ring (bicyclic) bond motifs is 1. The highest BCUT2D eigenvalue weighted by atomic mass is 16.5. The molecule has 8 nitrogen and oxygen atoms in total. The largest absolute Gasteiger partial charge is 0.487 e. The number of hydrogen-bond acceptors (Lipinski definition) is 6. The van der Waals surface area contributed by atoms with Crippen molar-refractivity contribution in [2.45, 2.75) is 32.7 Å². The molecular formula is C26H27N5O3. The maximum absolute atomic E-state index is 12.8. The van der Waals surface area contributed by atoms with Crippen molar-refractivity contribution in [3.63, 3.8) is 0 Å². The first kappa shape index (κ1) is 21.9. The normalized spacial score (nSPS) is 18.1. The summed E-state index contributed by atoms with van der Waals surface area (Å²) in [6.45, 7) is 6.03. The fourth-order valence-electron chi connectivity index (χ4n) is 4.16. The van der Waals surface area contributed by atoms with Crippen LogP contribution in [0.25, 0.3) is 5.65 Å². The standard InChI is InChI=1S/C26H27N5O3/c1-18-14-31(15-19(2)34-18)24-10-9-21(13-27-24)29-26(32)20-6-5-7-23(12-20)33-17-22-16-30-11-4-3-8-25(30)28-22/h3-13,16,18-19H,14-15,17H2,1-2H3,(H,29,32). The lowest BCUT2D eigenvalue weighted by Crippen LogP contribution is -2.45. The Hall–Kier alpha value is -3.91. The van der Waals surface area contributed by atoms with E-state index in [4.69, 9.17) is 9.47 Å². The number of hydrogen-bond donors (Lipinski definition) is 1. The maximum atomic E-state index is 12.8. The Morgan fingerprint density at radius 2 is 1.97 bits per heavy atom. The van der Waals surface area contributed by atoms with Crippen molar-refractivity contribution in [1.82, 2.24) is 14.4 Å². The van der Waals surface area contributed by atoms with E-state index in [1.807, 2.05) is 53.2 Å². The van der Waals surface area contributed by atoms with E-state index in [0.717, 1.165) is 30.2 Å². The van der Waals surface area contributed by atoms with Crippen molar-refractivity contribution in [3.05, 3.63) is 84.4 Å². The Labute approximate surface area is 198 Å². The predicted octanol–water partition coefficient (Wildman–Crippen LogP) is 4.17. The third-order valence-electron chi connectivity index (χ3n) is 5.65. The van der Waals surface area contributed by atoms with Gasteiger partial charge in [0.05, 0.1) is 29.8 Å². The molecule has 0 radical (unpaired) electrons. The molecule has 174 valence electrons. The summed E-state index contributed by atoms with van der Waals surface area (Å²) in [6.07, 6.45) is 5.88. The Kier molecular flexibility index (Phi) is 6.14. The minimum absolute atomic E-state index is 0.159. The topological polar surface area (TPSA) is 81.0 Å². The number of morpholine rings is 1. The molecule has 0 bridgehead atoms. The summed E-state index contributed by atoms with van der Waals surface area (Å²) in [5.41, 5.74) is 2.83. The molecule has 1 aliphatic rings. The number of anilines is 2. The maximum Gasteiger partial charge on any atom is 0.255 e. The molecule has 1 amide bonds. The average molecular weight is 458 g/mol. The van der Waals surface area contributed by atoms with Gasteiger partial charge in [-0.05, 0) is 56.3 Å². The van der Waals surface area contributed by atoms with Gasteiger partial charge < -0.3 is 24.1 Å². The van der Waals surface area contributed by atoms with E-state index in [0.29, 0.717) is 23.6 Å². The van der Waals surface area contributed by atoms with Crippen LogP contribution in [0.15, 0.2) is 73.2 Å². The molecule has 1 fully saturated rings. The molecule has 4 aromatic rings. The van der Waals surface area contributed by atoms with Gasteiger partial charge in [0.15, 0.2) is 0 Å². The molecule has 1 aliphatic heterocycles. The Bertz CT molecular complexity index is 1240. The quantitative estimate of drug-likeness (QED) is 0.468. The number of nitrogens with one attached hydrogen (secondary N) is 1. The van der Waals surface area contributed by atoms with Crippen LogP contribution in [0.4, 0.5) is 11.5 Å². The summed E-state index contributed by atoms with van der Waals surface area (Å²) in [6, 6.07) is 16.7. The van der Waals surface area contributed by atoms with Crippen LogP contribution in [-0.4, -0.2) is 45.6 Å². The van der Waals surface area contributed by atoms with Gasteiger partial charge in [-0.2, -0.15) is 0 Å². The monoisotopic (exact) mass is 457 g/mol. The summed E-state index contributed by atoms with van der Waals surface area (Å²) in [4.78, 5) is 24.1. The third kappa shape index (κ3) is 5.02. The number of carbonyl (C=O) groups excluding carboxylic acids is 1. The van der Waals surface area contributed by atoms with Gasteiger partial charge in [0.2, 0.25) is 0 Å². The lowest BCUT2D eigenvalue weighted by Gasteiger charge is -2.36. The molecule has 2 atom stereocenters. The van der Waals surface area contributed by atoms with Gasteiger partial charge in [0, 0.05) is 31.0 Å². The second-order valence-electron chi connectivity index (χ2n) is 8.54. The molecule has 2 unspecified atom stereocenters. The predicted molar refractivity (Wildman–Crippen MR) is 130 cm³/mol. The van der Waals surface area contributed by atoms with Gasteiger partial charge in [-0.15, -0.1) is 0 Å². The second-order valence-corrected chi connectivity index (χ2v) is 8.54. The van der Waals surface area contributed by atoms with Crippen LogP contribution in [0.2, 0.25) is 0 Å². The highest BCUT2D eigenvalue weighted by Crippen LogP contribution is 2.21. The molecule has 5 rings (SSSR count). The molecule has 1 aromatic carbocycles. The van der Waals surface area contributed by atoms with E-state index < -0.39 is 0 Å². The fraction of sp³-hybridized carbons (Fsp3) is 0.269. The van der Waals surface area contributed by atoms with Crippen molar-refractivity contribution in [2.24, 2.45) is 0 Å². The summed E-state index contributed by atoms with van der Waals surface area (Å²) in [5, 5.41) is 2.91. The number of aromatic nitrogens is 3. The van der Waals surface area contributed by atoms with Crippen LogP contribution in [0, 0.1) is 0 Å². The summed E-state index contributed by atoms with van der Waals surface area (Å²) >= 11 is 0. The number of rotatable bonds is 6. The van der Waals surface area contributed by atoms with E-state index in [-0.39, 0.29) is 18.1 Å². The number of benzene rings is 1. The molecule has 1 saturated heterocycles. The molecule has 34 heavy (non-hydrogen) atoms. The number of amides is 1. The number of pyridine rings is 2. The zero-order valence-corrected chi connectivity index (χ0v) is 19.2. The third-order valence-corrected chi connectivity index (χ3v) is 5.65. The Balaban J connectivity index is 1.20. The average Bonchev–Trinajstić information content (AvgIpc) is 3.26. The van der Waals surface area contributed by atoms with Gasteiger partial charge in [-0.1, -0.05) is 12.1 Å². The van der Waals surface area contributed by atoms with Crippen LogP contribution in [0.1, 0.15) is 29.9 Å². The lowest BCUT2D eigenvalue weighted by atomic mass is 10.2. The molecule has 0 saturated carbocycles. The van der Waals surface area contributed by atoms with Gasteiger partial charge in [-0.25, -0.2) is 9.97 Å². The zero-order valence-electron chi connectivity index (χ0n) is 19.2. The Morgan fingerprint density at radius 1 is 1.12 bits per heavy atom. The van der Waals surface area contributed by atoms with Gasteiger partial charge in [0.1, 0.15) is 23.8 Å². The number of ether oxygens (including phenoxy) is 2. The first-order chi connectivity index (χ1) is 16.5. The van der Waals surface area contributed by atoms with Crippen molar-refractivity contribution in [2.75, 3.05) is 23.3 Å². The van der Waals surface area contributed by atoms with Crippen LogP contribution >= 0.6 is 0 Å². The summed E-state index contributed by atoms with van der Waals surface area (Å²) < 4.78 is 13.6. The van der Waals surface area contributed by atoms with Gasteiger partial charge >= 0.3 is 0 Å². The molecule has 4 heterocycles. The number of carbonyl (C=O) groups is 1. The minimum atomic E-state index is -0.221. The minimum Gasteiger partial charge on any atom is -0.487 e. The van der Waals surface area contributed by atoms with Gasteiger partial charge in [0.25, 0.3) is 5.91 Å². The summed E-state index contributed by atoms with van der Waals surface area (Å²) in [5.74, 6) is 1.26. The van der Waals surface area contributed by atoms with Crippen LogP contribution in [0.3, 0.4) is 0 Å². The van der Waals surface area contributed by atoms with Gasteiger partial charge in [-0.3, -0.25) is 4.79 Å². The molecule has 0 aliphatic carbocycles. The summed E-state index contributed by atoms with van der Waals surface area (Å²) in [7, 11) is 0. The van der Waals surface area contributed by atoms with Crippen molar-refractivity contribution < 1.29 is 14.3 Å². The number of nitrogens with zero attached hydrogens (tertiary/aromatic N) is 4. The first-order valence-electron chi connectivity index (χ1n) is 11.4. The smallest absolute Gasteiger partial charge is 0.255 e. The van der Waals surface area contributed by atoms with Crippen molar-refractivity contribution in [3.8, 4) is 5.75 Å². The zero-order chi connectivity index (χ0) is 23.5. The van der Waals surface area contributed by atoms with E-state index in [9.17, 15) is 4.79 Å². The van der Waals surface area contributed by atoms with Crippen LogP contribution in [0.5, 0.6) is 5.75 Å². The molecule has 8 heteroatoms. The number of imidazole rings is 1. The highest BCUT2D eigenvalue weighted by molar-refractivity contribution is 6.04. The van der Waals surface area contributed by atoms with E-state index >= 15 is 0 Å². The van der Waals surface area contributed by atoms with E-state index in [1.165, 1.54) is 0 Å². The molecule has 0 spiro atoms. The first-order valence-corrected chi connectivity index (χ1v) is 11.4. The fourth-order valence-corrected chi connectivity index (χ4v) is 4.16. The molecule has 3 aromatic heterocycles. The molecular weight excluding hydrogens is 430 g/mol. The van der Waals surface area contributed by atoms with Crippen molar-refractivity contribution >= 4 is 23.1 Å². The van der Waals surface area contributed by atoms with Crippen LogP contribution in [-0.2, 0) is 11.3 Å². The van der Waals surface area contributed by atoms with E-state index in [2.05, 4.69) is 34.0 Å². The lowest BCUT2D eigenvalue weighted by molar-refractivity contribution is -0.00545. The molecule has 1 N–H and O–H groups in total. The van der Waals surface area contributed by atoms with Crippen LogP contribution < -0.4 is 15.0 Å². The van der Waals surface area contributed by atoms with E-state index in [1.54, 1.807) is 24.4 Å². The SMILES string of the molecule is CC1CN(c2ccc(NC(=O)c3cccc(OCc4cn5ccccc5n4)c3)cn2)CC(C)O1. The Morgan fingerprint density at radius 3 is 2.74 bits per heavy atom. The second kappa shape index (κ2) is 9.52. The highest BCUT2D eigenvalue weighted by Gasteiger charge is 2.23.